The van der Waals surface area contributed by atoms with E-state index in [-0.39, 0.29) is 27.1 Å². The molecule has 4 rings (SSSR count). The highest BCUT2D eigenvalue weighted by molar-refractivity contribution is 7.46. The quantitative estimate of drug-likeness (QED) is 0.219. The Morgan fingerprint density at radius 1 is 0.638 bits per heavy atom. The molecule has 0 radical (unpaired) electrons. The van der Waals surface area contributed by atoms with Crippen molar-refractivity contribution in [3.63, 3.8) is 0 Å². The van der Waals surface area contributed by atoms with Crippen LogP contribution in [0.1, 0.15) is 155 Å². The molecule has 4 heteroatoms. The fourth-order valence-electron chi connectivity index (χ4n) is 6.45. The molecule has 47 heavy (non-hydrogen) atoms. The van der Waals surface area contributed by atoms with Crippen LogP contribution in [0.4, 0.5) is 0 Å². The molecule has 0 fully saturated rings. The summed E-state index contributed by atoms with van der Waals surface area (Å²) in [5.41, 5.74) is 12.1. The Hall–Kier alpha value is -2.35. The van der Waals surface area contributed by atoms with Crippen LogP contribution in [-0.4, -0.2) is 11.7 Å². The summed E-state index contributed by atoms with van der Waals surface area (Å²) in [5.74, 6) is 1.41. The van der Waals surface area contributed by atoms with Crippen molar-refractivity contribution in [2.24, 2.45) is 0 Å². The lowest BCUT2D eigenvalue weighted by Crippen LogP contribution is -2.19. The van der Waals surface area contributed by atoms with Gasteiger partial charge in [-0.3, -0.25) is 0 Å². The summed E-state index contributed by atoms with van der Waals surface area (Å²) in [5, 5.41) is 10.7. The second-order valence-electron chi connectivity index (χ2n) is 19.0. The lowest BCUT2D eigenvalue weighted by molar-refractivity contribution is 0.306. The molecule has 0 aliphatic carbocycles. The maximum absolute atomic E-state index is 10.7. The normalized spacial score (nSPS) is 16.0. The van der Waals surface area contributed by atoms with Gasteiger partial charge in [0.05, 0.1) is 12.8 Å². The Morgan fingerprint density at radius 2 is 1.15 bits per heavy atom. The second-order valence-corrected chi connectivity index (χ2v) is 20.5. The molecule has 0 amide bonds. The molecule has 1 heterocycles. The molecule has 0 saturated heterocycles. The van der Waals surface area contributed by atoms with E-state index in [0.29, 0.717) is 12.4 Å². The van der Waals surface area contributed by atoms with Crippen molar-refractivity contribution in [1.82, 2.24) is 0 Å². The smallest absolute Gasteiger partial charge is 0.234 e. The minimum Gasteiger partial charge on any atom is -0.507 e. The number of aryl methyl sites for hydroxylation is 2. The van der Waals surface area contributed by atoms with Crippen molar-refractivity contribution in [3.05, 3.63) is 80.9 Å². The molecule has 0 aromatic heterocycles. The molecule has 3 nitrogen and oxygen atoms in total. The molecule has 1 aliphatic heterocycles. The molecule has 258 valence electrons. The van der Waals surface area contributed by atoms with Crippen molar-refractivity contribution < 1.29 is 14.2 Å². The summed E-state index contributed by atoms with van der Waals surface area (Å²) in [6, 6.07) is 14.0. The van der Waals surface area contributed by atoms with Gasteiger partial charge in [-0.2, -0.15) is 0 Å². The molecule has 0 spiro atoms. The molecular formula is C43H63O3P. The summed E-state index contributed by atoms with van der Waals surface area (Å²) < 4.78 is 13.9. The van der Waals surface area contributed by atoms with E-state index in [9.17, 15) is 5.11 Å². The summed E-state index contributed by atoms with van der Waals surface area (Å²) >= 11 is 0. The van der Waals surface area contributed by atoms with Gasteiger partial charge in [0, 0.05) is 11.1 Å². The highest BCUT2D eigenvalue weighted by Gasteiger charge is 2.35. The average molecular weight is 659 g/mol. The third-order valence-electron chi connectivity index (χ3n) is 9.47. The Kier molecular flexibility index (Phi) is 10.2. The summed E-state index contributed by atoms with van der Waals surface area (Å²) in [7, 11) is -1.23. The predicted molar refractivity (Wildman–Crippen MR) is 204 cm³/mol. The molecule has 1 N–H and O–H groups in total. The number of phenols is 1. The van der Waals surface area contributed by atoms with Gasteiger partial charge in [0.15, 0.2) is 0 Å². The third-order valence-corrected chi connectivity index (χ3v) is 10.9. The monoisotopic (exact) mass is 658 g/mol. The van der Waals surface area contributed by atoms with Gasteiger partial charge >= 0.3 is 0 Å². The summed E-state index contributed by atoms with van der Waals surface area (Å²) in [4.78, 5) is 0. The number of hydrogen-bond donors (Lipinski definition) is 1. The van der Waals surface area contributed by atoms with Gasteiger partial charge in [-0.1, -0.05) is 134 Å². The molecule has 3 aromatic rings. The molecule has 3 aromatic carbocycles. The van der Waals surface area contributed by atoms with Gasteiger partial charge in [0.2, 0.25) is 8.38 Å². The van der Waals surface area contributed by atoms with Crippen LogP contribution in [0, 0.1) is 6.92 Å². The minimum atomic E-state index is -1.23. The van der Waals surface area contributed by atoms with Crippen molar-refractivity contribution in [2.75, 3.05) is 6.61 Å². The van der Waals surface area contributed by atoms with E-state index in [1.807, 2.05) is 6.92 Å². The third kappa shape index (κ3) is 8.45. The zero-order valence-corrected chi connectivity index (χ0v) is 33.4. The van der Waals surface area contributed by atoms with Crippen molar-refractivity contribution in [2.45, 2.75) is 157 Å². The van der Waals surface area contributed by atoms with Crippen LogP contribution < -0.4 is 4.52 Å². The number of benzene rings is 3. The maximum Gasteiger partial charge on any atom is 0.234 e. The van der Waals surface area contributed by atoms with Crippen LogP contribution in [0.25, 0.3) is 11.1 Å². The SMILES string of the molecule is Cc1cc(CCCOP2Cc3c(cc(C(C)(C)C)cc3C(C)(C)C)-c3cc(C(C)(C)C)cc(C(C)(C)C)c3O2)cc(C(C)(C)C)c1O. The van der Waals surface area contributed by atoms with Gasteiger partial charge in [-0.25, -0.2) is 0 Å². The van der Waals surface area contributed by atoms with Crippen LogP contribution in [0.2, 0.25) is 0 Å². The first-order valence-corrected chi connectivity index (χ1v) is 18.9. The first kappa shape index (κ1) is 37.5. The van der Waals surface area contributed by atoms with Gasteiger partial charge in [-0.15, -0.1) is 0 Å². The minimum absolute atomic E-state index is 0.00331. The zero-order chi connectivity index (χ0) is 35.5. The standard InChI is InChI=1S/C43H63O3P/c1-27-20-28(21-35(37(27)44)42(11,12)13)18-17-19-45-47-26-33-31(22-29(39(2,3)4)24-34(33)41(8,9)10)32-23-30(40(5,6)7)25-36(38(32)46-47)43(14,15)16/h20-25,44H,17-19,26H2,1-16H3. The highest BCUT2D eigenvalue weighted by atomic mass is 31.2. The van der Waals surface area contributed by atoms with Crippen LogP contribution in [0.15, 0.2) is 36.4 Å². The fourth-order valence-corrected chi connectivity index (χ4v) is 7.99. The van der Waals surface area contributed by atoms with Crippen molar-refractivity contribution in [1.29, 1.82) is 0 Å². The van der Waals surface area contributed by atoms with Gasteiger partial charge < -0.3 is 14.2 Å². The van der Waals surface area contributed by atoms with Crippen LogP contribution in [0.3, 0.4) is 0 Å². The molecule has 0 bridgehead atoms. The van der Waals surface area contributed by atoms with Gasteiger partial charge in [-0.05, 0) is 97.4 Å². The van der Waals surface area contributed by atoms with E-state index in [1.54, 1.807) is 0 Å². The van der Waals surface area contributed by atoms with Crippen LogP contribution in [0.5, 0.6) is 11.5 Å². The number of rotatable bonds is 5. The van der Waals surface area contributed by atoms with Crippen LogP contribution in [-0.2, 0) is 44.2 Å². The molecule has 1 atom stereocenters. The van der Waals surface area contributed by atoms with E-state index in [1.165, 1.54) is 44.5 Å². The predicted octanol–water partition coefficient (Wildman–Crippen LogP) is 12.7. The molecule has 1 aliphatic rings. The molecule has 1 unspecified atom stereocenters. The van der Waals surface area contributed by atoms with Crippen LogP contribution >= 0.6 is 8.38 Å². The van der Waals surface area contributed by atoms with E-state index in [2.05, 4.69) is 140 Å². The number of phenolic OH excluding ortho intramolecular Hbond substituents is 1. The highest BCUT2D eigenvalue weighted by Crippen LogP contribution is 2.56. The Bertz CT molecular complexity index is 1530. The van der Waals surface area contributed by atoms with Crippen molar-refractivity contribution in [3.8, 4) is 22.6 Å². The first-order valence-electron chi connectivity index (χ1n) is 17.6. The van der Waals surface area contributed by atoms with Gasteiger partial charge in [0.1, 0.15) is 11.5 Å². The zero-order valence-electron chi connectivity index (χ0n) is 32.5. The Morgan fingerprint density at radius 3 is 1.66 bits per heavy atom. The Labute approximate surface area is 288 Å². The first-order chi connectivity index (χ1) is 21.3. The van der Waals surface area contributed by atoms with E-state index in [0.717, 1.165) is 35.9 Å². The number of aromatic hydroxyl groups is 1. The topological polar surface area (TPSA) is 38.7 Å². The van der Waals surface area contributed by atoms with Gasteiger partial charge in [0.25, 0.3) is 0 Å². The summed E-state index contributed by atoms with van der Waals surface area (Å²) in [6.07, 6.45) is 2.54. The van der Waals surface area contributed by atoms with E-state index in [4.69, 9.17) is 9.05 Å². The Balaban J connectivity index is 1.81. The second kappa shape index (κ2) is 12.8. The largest absolute Gasteiger partial charge is 0.507 e. The van der Waals surface area contributed by atoms with E-state index < -0.39 is 8.38 Å². The maximum atomic E-state index is 10.7. The fraction of sp³-hybridized carbons (Fsp3) is 0.581. The lowest BCUT2D eigenvalue weighted by atomic mass is 9.74. The number of fused-ring (bicyclic) bond motifs is 3. The molecule has 0 saturated carbocycles. The summed E-state index contributed by atoms with van der Waals surface area (Å²) in [6.45, 7) is 36.9. The molecular weight excluding hydrogens is 595 g/mol. The van der Waals surface area contributed by atoms with Crippen molar-refractivity contribution >= 4 is 8.38 Å². The number of hydrogen-bond acceptors (Lipinski definition) is 3. The van der Waals surface area contributed by atoms with E-state index >= 15 is 0 Å². The average Bonchev–Trinajstić information content (AvgIpc) is 3.05. The lowest BCUT2D eigenvalue weighted by Gasteiger charge is -2.31.